The Balaban J connectivity index is 3.19. The molecule has 0 spiro atoms. The first kappa shape index (κ1) is 11.1. The summed E-state index contributed by atoms with van der Waals surface area (Å²) in [5, 5.41) is 9.78. The van der Waals surface area contributed by atoms with Crippen LogP contribution in [0.25, 0.3) is 0 Å². The van der Waals surface area contributed by atoms with E-state index in [1.54, 1.807) is 7.11 Å². The average Bonchev–Trinajstić information content (AvgIpc) is 2.20. The lowest BCUT2D eigenvalue weighted by Gasteiger charge is -2.15. The van der Waals surface area contributed by atoms with Crippen LogP contribution in [0, 0.1) is 13.8 Å². The van der Waals surface area contributed by atoms with Crippen LogP contribution in [0.4, 0.5) is 0 Å². The minimum absolute atomic E-state index is 0.427. The molecule has 0 fully saturated rings. The van der Waals surface area contributed by atoms with Crippen molar-refractivity contribution in [2.45, 2.75) is 33.3 Å². The Labute approximate surface area is 85.5 Å². The highest BCUT2D eigenvalue weighted by atomic mass is 16.5. The Morgan fingerprint density at radius 2 is 1.86 bits per heavy atom. The van der Waals surface area contributed by atoms with Crippen LogP contribution in [0.1, 0.15) is 36.1 Å². The van der Waals surface area contributed by atoms with Gasteiger partial charge >= 0.3 is 0 Å². The monoisotopic (exact) mass is 194 g/mol. The van der Waals surface area contributed by atoms with Gasteiger partial charge in [-0.2, -0.15) is 0 Å². The molecule has 0 amide bonds. The zero-order chi connectivity index (χ0) is 10.7. The molecule has 1 aromatic rings. The summed E-state index contributed by atoms with van der Waals surface area (Å²) in [7, 11) is 1.63. The summed E-state index contributed by atoms with van der Waals surface area (Å²) in [6.45, 7) is 6.04. The lowest BCUT2D eigenvalue weighted by atomic mass is 10.00. The molecule has 0 heterocycles. The van der Waals surface area contributed by atoms with E-state index < -0.39 is 6.10 Å². The molecular formula is C12H18O2. The molecular weight excluding hydrogens is 176 g/mol. The van der Waals surface area contributed by atoms with Crippen LogP contribution in [0.3, 0.4) is 0 Å². The number of aryl methyl sites for hydroxylation is 2. The van der Waals surface area contributed by atoms with E-state index in [1.165, 1.54) is 11.1 Å². The Kier molecular flexibility index (Phi) is 3.53. The Morgan fingerprint density at radius 3 is 2.36 bits per heavy atom. The number of methoxy groups -OCH3 is 1. The van der Waals surface area contributed by atoms with Crippen molar-refractivity contribution in [1.29, 1.82) is 0 Å². The predicted octanol–water partition coefficient (Wildman–Crippen LogP) is 2.76. The topological polar surface area (TPSA) is 29.5 Å². The Morgan fingerprint density at radius 1 is 1.29 bits per heavy atom. The maximum absolute atomic E-state index is 9.78. The Bertz CT molecular complexity index is 318. The van der Waals surface area contributed by atoms with E-state index >= 15 is 0 Å². The summed E-state index contributed by atoms with van der Waals surface area (Å²) in [6.07, 6.45) is 0.281. The van der Waals surface area contributed by atoms with Crippen molar-refractivity contribution in [2.75, 3.05) is 7.11 Å². The van der Waals surface area contributed by atoms with Crippen LogP contribution in [0.2, 0.25) is 0 Å². The van der Waals surface area contributed by atoms with Gasteiger partial charge in [0.1, 0.15) is 5.75 Å². The maximum atomic E-state index is 9.78. The minimum atomic E-state index is -0.427. The van der Waals surface area contributed by atoms with Crippen molar-refractivity contribution >= 4 is 0 Å². The number of ether oxygens (including phenoxy) is 1. The summed E-state index contributed by atoms with van der Waals surface area (Å²) >= 11 is 0. The van der Waals surface area contributed by atoms with Crippen LogP contribution < -0.4 is 4.74 Å². The van der Waals surface area contributed by atoms with Gasteiger partial charge in [0.2, 0.25) is 0 Å². The number of hydrogen-bond acceptors (Lipinski definition) is 2. The minimum Gasteiger partial charge on any atom is -0.496 e. The quantitative estimate of drug-likeness (QED) is 0.801. The second kappa shape index (κ2) is 4.47. The molecule has 2 nitrogen and oxygen atoms in total. The first-order valence-electron chi connectivity index (χ1n) is 4.93. The van der Waals surface area contributed by atoms with E-state index in [4.69, 9.17) is 4.74 Å². The molecule has 1 unspecified atom stereocenters. The van der Waals surface area contributed by atoms with E-state index in [0.29, 0.717) is 6.42 Å². The molecule has 2 heteroatoms. The molecule has 14 heavy (non-hydrogen) atoms. The summed E-state index contributed by atoms with van der Waals surface area (Å²) in [5.74, 6) is 0.780. The molecule has 1 atom stereocenters. The van der Waals surface area contributed by atoms with E-state index in [-0.39, 0.29) is 0 Å². The lowest BCUT2D eigenvalue weighted by Crippen LogP contribution is -2.00. The van der Waals surface area contributed by atoms with Crippen LogP contribution >= 0.6 is 0 Å². The predicted molar refractivity (Wildman–Crippen MR) is 57.7 cm³/mol. The highest BCUT2D eigenvalue weighted by Gasteiger charge is 2.12. The molecule has 1 rings (SSSR count). The normalized spacial score (nSPS) is 12.6. The van der Waals surface area contributed by atoms with Crippen molar-refractivity contribution in [3.8, 4) is 5.75 Å². The third-order valence-corrected chi connectivity index (χ3v) is 2.59. The fourth-order valence-electron chi connectivity index (χ4n) is 1.47. The molecule has 0 saturated carbocycles. The molecule has 0 bridgehead atoms. The van der Waals surface area contributed by atoms with Crippen molar-refractivity contribution in [2.24, 2.45) is 0 Å². The van der Waals surface area contributed by atoms with E-state index in [1.807, 2.05) is 32.9 Å². The number of benzene rings is 1. The second-order valence-corrected chi connectivity index (χ2v) is 3.60. The van der Waals surface area contributed by atoms with Gasteiger partial charge in [-0.1, -0.05) is 6.92 Å². The zero-order valence-corrected chi connectivity index (χ0v) is 9.29. The smallest absolute Gasteiger partial charge is 0.124 e. The highest BCUT2D eigenvalue weighted by Crippen LogP contribution is 2.29. The zero-order valence-electron chi connectivity index (χ0n) is 9.29. The lowest BCUT2D eigenvalue weighted by molar-refractivity contribution is 0.169. The SMILES string of the molecule is CCC(O)c1cc(C)c(C)cc1OC. The van der Waals surface area contributed by atoms with Gasteiger partial charge in [0.15, 0.2) is 0 Å². The van der Waals surface area contributed by atoms with Crippen LogP contribution in [-0.2, 0) is 0 Å². The fraction of sp³-hybridized carbons (Fsp3) is 0.500. The van der Waals surface area contributed by atoms with E-state index in [2.05, 4.69) is 0 Å². The summed E-state index contributed by atoms with van der Waals surface area (Å²) in [5.41, 5.74) is 3.26. The van der Waals surface area contributed by atoms with Gasteiger partial charge in [-0.3, -0.25) is 0 Å². The van der Waals surface area contributed by atoms with Crippen LogP contribution in [0.5, 0.6) is 5.75 Å². The van der Waals surface area contributed by atoms with Crippen molar-refractivity contribution in [3.63, 3.8) is 0 Å². The van der Waals surface area contributed by atoms with Crippen molar-refractivity contribution in [1.82, 2.24) is 0 Å². The van der Waals surface area contributed by atoms with Crippen molar-refractivity contribution < 1.29 is 9.84 Å². The van der Waals surface area contributed by atoms with Gasteiger partial charge in [-0.25, -0.2) is 0 Å². The van der Waals surface area contributed by atoms with Gasteiger partial charge in [-0.15, -0.1) is 0 Å². The molecule has 0 aliphatic heterocycles. The Hall–Kier alpha value is -1.02. The second-order valence-electron chi connectivity index (χ2n) is 3.60. The molecule has 0 saturated heterocycles. The third-order valence-electron chi connectivity index (χ3n) is 2.59. The number of rotatable bonds is 3. The molecule has 0 aromatic heterocycles. The molecule has 1 aromatic carbocycles. The number of aliphatic hydroxyl groups excluding tert-OH is 1. The third kappa shape index (κ3) is 2.07. The molecule has 0 aliphatic rings. The van der Waals surface area contributed by atoms with Crippen LogP contribution in [-0.4, -0.2) is 12.2 Å². The molecule has 1 N–H and O–H groups in total. The maximum Gasteiger partial charge on any atom is 0.124 e. The van der Waals surface area contributed by atoms with Gasteiger partial charge in [0, 0.05) is 5.56 Å². The summed E-state index contributed by atoms with van der Waals surface area (Å²) in [4.78, 5) is 0. The van der Waals surface area contributed by atoms with Gasteiger partial charge in [0.05, 0.1) is 13.2 Å². The van der Waals surface area contributed by atoms with Crippen LogP contribution in [0.15, 0.2) is 12.1 Å². The molecule has 0 aliphatic carbocycles. The standard InChI is InChI=1S/C12H18O2/c1-5-11(13)10-6-8(2)9(3)7-12(10)14-4/h6-7,11,13H,5H2,1-4H3. The van der Waals surface area contributed by atoms with Gasteiger partial charge < -0.3 is 9.84 Å². The van der Waals surface area contributed by atoms with Crippen molar-refractivity contribution in [3.05, 3.63) is 28.8 Å². The fourth-order valence-corrected chi connectivity index (χ4v) is 1.47. The molecule has 0 radical (unpaired) electrons. The van der Waals surface area contributed by atoms with E-state index in [0.717, 1.165) is 11.3 Å². The average molecular weight is 194 g/mol. The number of hydrogen-bond donors (Lipinski definition) is 1. The molecule has 78 valence electrons. The first-order chi connectivity index (χ1) is 6.60. The van der Waals surface area contributed by atoms with E-state index in [9.17, 15) is 5.11 Å². The highest BCUT2D eigenvalue weighted by molar-refractivity contribution is 5.42. The van der Waals surface area contributed by atoms with Gasteiger partial charge in [-0.05, 0) is 43.5 Å². The summed E-state index contributed by atoms with van der Waals surface area (Å²) < 4.78 is 5.24. The largest absolute Gasteiger partial charge is 0.496 e. The number of aliphatic hydroxyl groups is 1. The summed E-state index contributed by atoms with van der Waals surface area (Å²) in [6, 6.07) is 3.98. The van der Waals surface area contributed by atoms with Gasteiger partial charge in [0.25, 0.3) is 0 Å². The first-order valence-corrected chi connectivity index (χ1v) is 4.93.